The molecule has 0 unspecified atom stereocenters. The Morgan fingerprint density at radius 1 is 1.10 bits per heavy atom. The first-order chi connectivity index (χ1) is 10.3. The van der Waals surface area contributed by atoms with E-state index in [4.69, 9.17) is 11.1 Å². The SMILES string of the molecule is N#Cc1cnc2c(Cc3ccccc3)cccc2c1NN. The molecule has 3 N–H and O–H groups in total. The molecule has 0 saturated carbocycles. The van der Waals surface area contributed by atoms with Crippen LogP contribution in [0.1, 0.15) is 16.7 Å². The fraction of sp³-hybridized carbons (Fsp3) is 0.0588. The second-order valence-electron chi connectivity index (χ2n) is 4.78. The minimum absolute atomic E-state index is 0.446. The second-order valence-corrected chi connectivity index (χ2v) is 4.78. The van der Waals surface area contributed by atoms with Crippen molar-refractivity contribution >= 4 is 16.6 Å². The number of nitrogens with zero attached hydrogens (tertiary/aromatic N) is 2. The summed E-state index contributed by atoms with van der Waals surface area (Å²) in [5, 5.41) is 9.99. The van der Waals surface area contributed by atoms with Crippen molar-refractivity contribution in [3.63, 3.8) is 0 Å². The van der Waals surface area contributed by atoms with E-state index in [1.165, 1.54) is 5.56 Å². The molecule has 1 heterocycles. The van der Waals surface area contributed by atoms with E-state index in [9.17, 15) is 0 Å². The number of nitrogens with two attached hydrogens (primary N) is 1. The van der Waals surface area contributed by atoms with Crippen molar-refractivity contribution in [2.24, 2.45) is 5.84 Å². The van der Waals surface area contributed by atoms with E-state index < -0.39 is 0 Å². The molecule has 0 radical (unpaired) electrons. The molecule has 0 aliphatic rings. The van der Waals surface area contributed by atoms with Gasteiger partial charge in [-0.25, -0.2) is 0 Å². The average Bonchev–Trinajstić information content (AvgIpc) is 2.55. The molecule has 3 aromatic rings. The highest BCUT2D eigenvalue weighted by Crippen LogP contribution is 2.28. The van der Waals surface area contributed by atoms with Gasteiger partial charge in [0.2, 0.25) is 0 Å². The highest BCUT2D eigenvalue weighted by molar-refractivity contribution is 5.95. The van der Waals surface area contributed by atoms with E-state index in [1.807, 2.05) is 30.3 Å². The van der Waals surface area contributed by atoms with Gasteiger partial charge in [-0.2, -0.15) is 5.26 Å². The van der Waals surface area contributed by atoms with Crippen LogP contribution in [0.5, 0.6) is 0 Å². The van der Waals surface area contributed by atoms with Gasteiger partial charge in [-0.05, 0) is 17.5 Å². The molecule has 4 heteroatoms. The van der Waals surface area contributed by atoms with Crippen LogP contribution in [0.25, 0.3) is 10.9 Å². The number of para-hydroxylation sites is 1. The summed E-state index contributed by atoms with van der Waals surface area (Å²) in [5.74, 6) is 5.57. The zero-order chi connectivity index (χ0) is 14.7. The molecule has 4 nitrogen and oxygen atoms in total. The third-order valence-corrected chi connectivity index (χ3v) is 3.48. The molecule has 102 valence electrons. The number of aromatic nitrogens is 1. The van der Waals surface area contributed by atoms with Gasteiger partial charge in [0, 0.05) is 11.6 Å². The van der Waals surface area contributed by atoms with Gasteiger partial charge in [-0.15, -0.1) is 0 Å². The summed E-state index contributed by atoms with van der Waals surface area (Å²) >= 11 is 0. The predicted molar refractivity (Wildman–Crippen MR) is 83.5 cm³/mol. The van der Waals surface area contributed by atoms with Crippen molar-refractivity contribution in [2.45, 2.75) is 6.42 Å². The fourth-order valence-corrected chi connectivity index (χ4v) is 2.48. The summed E-state index contributed by atoms with van der Waals surface area (Å²) < 4.78 is 0. The number of nitrogens with one attached hydrogen (secondary N) is 1. The van der Waals surface area contributed by atoms with Crippen LogP contribution in [-0.4, -0.2) is 4.98 Å². The monoisotopic (exact) mass is 274 g/mol. The Hall–Kier alpha value is -2.90. The molecule has 1 aromatic heterocycles. The summed E-state index contributed by atoms with van der Waals surface area (Å²) in [4.78, 5) is 4.44. The number of benzene rings is 2. The van der Waals surface area contributed by atoms with Gasteiger partial charge in [0.1, 0.15) is 6.07 Å². The lowest BCUT2D eigenvalue weighted by atomic mass is 10.0. The Balaban J connectivity index is 2.15. The molecule has 0 amide bonds. The minimum atomic E-state index is 0.446. The summed E-state index contributed by atoms with van der Waals surface area (Å²) in [6.07, 6.45) is 2.35. The Labute approximate surface area is 122 Å². The van der Waals surface area contributed by atoms with E-state index in [1.54, 1.807) is 6.20 Å². The van der Waals surface area contributed by atoms with Crippen LogP contribution in [0.3, 0.4) is 0 Å². The van der Waals surface area contributed by atoms with Crippen LogP contribution in [0.2, 0.25) is 0 Å². The molecule has 0 aliphatic heterocycles. The molecule has 0 saturated heterocycles. The van der Waals surface area contributed by atoms with E-state index in [-0.39, 0.29) is 0 Å². The average molecular weight is 274 g/mol. The van der Waals surface area contributed by atoms with Crippen LogP contribution < -0.4 is 11.3 Å². The highest BCUT2D eigenvalue weighted by Gasteiger charge is 2.10. The smallest absolute Gasteiger partial charge is 0.103 e. The highest BCUT2D eigenvalue weighted by atomic mass is 15.2. The number of anilines is 1. The lowest BCUT2D eigenvalue weighted by Gasteiger charge is -2.10. The molecule has 0 bridgehead atoms. The van der Waals surface area contributed by atoms with Crippen LogP contribution >= 0.6 is 0 Å². The first kappa shape index (κ1) is 13.1. The van der Waals surface area contributed by atoms with Crippen molar-refractivity contribution in [3.05, 3.63) is 71.4 Å². The van der Waals surface area contributed by atoms with Crippen molar-refractivity contribution < 1.29 is 0 Å². The molecular formula is C17H14N4. The Morgan fingerprint density at radius 3 is 2.62 bits per heavy atom. The van der Waals surface area contributed by atoms with Crippen LogP contribution in [-0.2, 0) is 6.42 Å². The number of nitriles is 1. The summed E-state index contributed by atoms with van der Waals surface area (Å²) in [6.45, 7) is 0. The fourth-order valence-electron chi connectivity index (χ4n) is 2.48. The van der Waals surface area contributed by atoms with Gasteiger partial charge in [-0.1, -0.05) is 48.5 Å². The molecule has 2 aromatic carbocycles. The first-order valence-corrected chi connectivity index (χ1v) is 6.64. The van der Waals surface area contributed by atoms with Crippen LogP contribution in [0.4, 0.5) is 5.69 Å². The molecular weight excluding hydrogens is 260 g/mol. The van der Waals surface area contributed by atoms with E-state index in [2.05, 4.69) is 34.7 Å². The topological polar surface area (TPSA) is 74.7 Å². The number of nitrogen functional groups attached to an aromatic ring is 1. The van der Waals surface area contributed by atoms with Gasteiger partial charge >= 0.3 is 0 Å². The van der Waals surface area contributed by atoms with E-state index >= 15 is 0 Å². The number of hydrogen-bond donors (Lipinski definition) is 2. The molecule has 0 spiro atoms. The zero-order valence-corrected chi connectivity index (χ0v) is 11.4. The number of fused-ring (bicyclic) bond motifs is 1. The largest absolute Gasteiger partial charge is 0.322 e. The van der Waals surface area contributed by atoms with Gasteiger partial charge in [0.15, 0.2) is 0 Å². The minimum Gasteiger partial charge on any atom is -0.322 e. The van der Waals surface area contributed by atoms with Crippen molar-refractivity contribution in [1.82, 2.24) is 4.98 Å². The number of rotatable bonds is 3. The molecule has 0 aliphatic carbocycles. The predicted octanol–water partition coefficient (Wildman–Crippen LogP) is 2.98. The molecule has 3 rings (SSSR count). The molecule has 0 atom stereocenters. The number of pyridine rings is 1. The van der Waals surface area contributed by atoms with E-state index in [0.29, 0.717) is 11.3 Å². The Kier molecular flexibility index (Phi) is 3.50. The van der Waals surface area contributed by atoms with E-state index in [0.717, 1.165) is 22.9 Å². The van der Waals surface area contributed by atoms with Gasteiger partial charge in [0.25, 0.3) is 0 Å². The Bertz CT molecular complexity index is 819. The lowest BCUT2D eigenvalue weighted by molar-refractivity contribution is 1.19. The quantitative estimate of drug-likeness (QED) is 0.568. The Morgan fingerprint density at radius 2 is 1.90 bits per heavy atom. The summed E-state index contributed by atoms with van der Waals surface area (Å²) in [7, 11) is 0. The standard InChI is InChI=1S/C17H14N4/c18-10-14-11-20-16-13(9-12-5-2-1-3-6-12)7-4-8-15(16)17(14)21-19/h1-8,11H,9,19H2,(H,20,21). The van der Waals surface area contributed by atoms with Crippen LogP contribution in [0, 0.1) is 11.3 Å². The zero-order valence-electron chi connectivity index (χ0n) is 11.4. The van der Waals surface area contributed by atoms with Gasteiger partial charge < -0.3 is 5.43 Å². The lowest BCUT2D eigenvalue weighted by Crippen LogP contribution is -2.09. The number of hydrazine groups is 1. The second kappa shape index (κ2) is 5.61. The van der Waals surface area contributed by atoms with Crippen molar-refractivity contribution in [1.29, 1.82) is 5.26 Å². The first-order valence-electron chi connectivity index (χ1n) is 6.64. The third-order valence-electron chi connectivity index (χ3n) is 3.48. The van der Waals surface area contributed by atoms with Crippen LogP contribution in [0.15, 0.2) is 54.7 Å². The number of hydrogen-bond acceptors (Lipinski definition) is 4. The maximum Gasteiger partial charge on any atom is 0.103 e. The third kappa shape index (κ3) is 2.42. The summed E-state index contributed by atoms with van der Waals surface area (Å²) in [6, 6.07) is 18.3. The normalized spacial score (nSPS) is 10.3. The molecule has 0 fully saturated rings. The van der Waals surface area contributed by atoms with Gasteiger partial charge in [0.05, 0.1) is 16.8 Å². The maximum absolute atomic E-state index is 9.13. The summed E-state index contributed by atoms with van der Waals surface area (Å²) in [5.41, 5.74) is 6.89. The maximum atomic E-state index is 9.13. The van der Waals surface area contributed by atoms with Crippen molar-refractivity contribution in [2.75, 3.05) is 5.43 Å². The van der Waals surface area contributed by atoms with Crippen molar-refractivity contribution in [3.8, 4) is 6.07 Å². The van der Waals surface area contributed by atoms with Gasteiger partial charge in [-0.3, -0.25) is 10.8 Å². The molecule has 21 heavy (non-hydrogen) atoms.